The van der Waals surface area contributed by atoms with Crippen molar-refractivity contribution in [3.63, 3.8) is 0 Å². The number of halogens is 1. The van der Waals surface area contributed by atoms with Crippen molar-refractivity contribution in [1.82, 2.24) is 0 Å². The summed E-state index contributed by atoms with van der Waals surface area (Å²) in [4.78, 5) is 11.9. The first-order valence-corrected chi connectivity index (χ1v) is 6.34. The Balaban J connectivity index is 2.28. The van der Waals surface area contributed by atoms with E-state index in [2.05, 4.69) is 5.92 Å². The second-order valence-corrected chi connectivity index (χ2v) is 5.34. The van der Waals surface area contributed by atoms with E-state index in [0.29, 0.717) is 23.4 Å². The number of hydrogen-bond donors (Lipinski definition) is 1. The number of ketones is 1. The topological polar surface area (TPSA) is 37.3 Å². The maximum atomic E-state index is 11.9. The molecule has 0 spiro atoms. The lowest BCUT2D eigenvalue weighted by Crippen LogP contribution is -2.25. The van der Waals surface area contributed by atoms with Crippen LogP contribution < -0.4 is 0 Å². The van der Waals surface area contributed by atoms with Gasteiger partial charge in [-0.25, -0.2) is 0 Å². The Morgan fingerprint density at radius 1 is 1.42 bits per heavy atom. The molecule has 3 rings (SSSR count). The van der Waals surface area contributed by atoms with Gasteiger partial charge in [-0.15, -0.1) is 6.42 Å². The third-order valence-electron chi connectivity index (χ3n) is 3.89. The van der Waals surface area contributed by atoms with Crippen LogP contribution in [0.25, 0.3) is 5.57 Å². The van der Waals surface area contributed by atoms with Crippen LogP contribution in [0.5, 0.6) is 0 Å². The molecule has 1 N–H and O–H groups in total. The Bertz CT molecular complexity index is 691. The maximum absolute atomic E-state index is 11.9. The fourth-order valence-corrected chi connectivity index (χ4v) is 3.27. The average Bonchev–Trinajstić information content (AvgIpc) is 2.73. The van der Waals surface area contributed by atoms with E-state index in [-0.39, 0.29) is 5.78 Å². The first-order valence-electron chi connectivity index (χ1n) is 5.96. The van der Waals surface area contributed by atoms with Crippen molar-refractivity contribution in [3.8, 4) is 12.3 Å². The fourth-order valence-electron chi connectivity index (χ4n) is 2.97. The molecule has 0 amide bonds. The lowest BCUT2D eigenvalue weighted by atomic mass is 9.71. The molecule has 1 unspecified atom stereocenters. The van der Waals surface area contributed by atoms with E-state index in [4.69, 9.17) is 23.1 Å². The second-order valence-electron chi connectivity index (χ2n) is 4.93. The van der Waals surface area contributed by atoms with Crippen molar-refractivity contribution in [2.24, 2.45) is 5.41 Å². The Morgan fingerprint density at radius 3 is 2.89 bits per heavy atom. The third-order valence-corrected chi connectivity index (χ3v) is 4.21. The minimum absolute atomic E-state index is 0.198. The van der Waals surface area contributed by atoms with Crippen LogP contribution in [0.2, 0.25) is 5.02 Å². The monoisotopic (exact) mass is 270 g/mol. The number of benzene rings is 1. The predicted octanol–water partition coefficient (Wildman–Crippen LogP) is 3.31. The maximum Gasteiger partial charge on any atom is 0.185 e. The van der Waals surface area contributed by atoms with Crippen LogP contribution in [0.3, 0.4) is 0 Å². The molecule has 1 atom stereocenters. The number of allylic oxidation sites excluding steroid dienone is 3. The van der Waals surface area contributed by atoms with Crippen LogP contribution in [0.4, 0.5) is 0 Å². The van der Waals surface area contributed by atoms with Crippen molar-refractivity contribution < 1.29 is 9.90 Å². The minimum atomic E-state index is -0.560. The van der Waals surface area contributed by atoms with E-state index in [9.17, 15) is 4.79 Å². The van der Waals surface area contributed by atoms with Crippen LogP contribution in [0.1, 0.15) is 17.5 Å². The number of aliphatic hydroxyl groups excluding tert-OH is 1. The van der Waals surface area contributed by atoms with E-state index in [1.165, 1.54) is 6.08 Å². The molecule has 2 nitrogen and oxygen atoms in total. The largest absolute Gasteiger partial charge is 0.515 e. The number of rotatable bonds is 0. The van der Waals surface area contributed by atoms with Gasteiger partial charge in [0.2, 0.25) is 0 Å². The first kappa shape index (κ1) is 12.1. The van der Waals surface area contributed by atoms with Gasteiger partial charge in [-0.1, -0.05) is 29.7 Å². The van der Waals surface area contributed by atoms with Crippen molar-refractivity contribution >= 4 is 23.0 Å². The summed E-state index contributed by atoms with van der Waals surface area (Å²) in [5, 5.41) is 9.77. The smallest absolute Gasteiger partial charge is 0.185 e. The van der Waals surface area contributed by atoms with Crippen LogP contribution >= 0.6 is 11.6 Å². The summed E-state index contributed by atoms with van der Waals surface area (Å²) in [6.45, 7) is 0. The highest BCUT2D eigenvalue weighted by Crippen LogP contribution is 2.54. The van der Waals surface area contributed by atoms with Crippen molar-refractivity contribution in [2.75, 3.05) is 0 Å². The zero-order valence-corrected chi connectivity index (χ0v) is 10.9. The molecule has 0 saturated heterocycles. The molecule has 0 saturated carbocycles. The van der Waals surface area contributed by atoms with E-state index in [1.807, 2.05) is 12.1 Å². The summed E-state index contributed by atoms with van der Waals surface area (Å²) in [6.07, 6.45) is 9.10. The highest BCUT2D eigenvalue weighted by molar-refractivity contribution is 6.33. The lowest BCUT2D eigenvalue weighted by molar-refractivity contribution is -0.111. The number of carbonyl (C=O) groups excluding carboxylic acids is 1. The van der Waals surface area contributed by atoms with Gasteiger partial charge in [-0.05, 0) is 29.7 Å². The highest BCUT2D eigenvalue weighted by atomic mass is 35.5. The Hall–Kier alpha value is -1.98. The molecule has 0 aromatic heterocycles. The molecule has 0 fully saturated rings. The van der Waals surface area contributed by atoms with Crippen LogP contribution in [-0.2, 0) is 11.2 Å². The number of aliphatic hydroxyl groups is 1. The molecular weight excluding hydrogens is 260 g/mol. The summed E-state index contributed by atoms with van der Waals surface area (Å²) < 4.78 is 0. The molecule has 0 heterocycles. The molecule has 1 aromatic rings. The average molecular weight is 271 g/mol. The summed E-state index contributed by atoms with van der Waals surface area (Å²) in [5.74, 6) is 2.61. The molecule has 0 aliphatic heterocycles. The molecule has 94 valence electrons. The van der Waals surface area contributed by atoms with Crippen LogP contribution in [-0.4, -0.2) is 10.9 Å². The van der Waals surface area contributed by atoms with E-state index in [1.54, 1.807) is 6.07 Å². The molecule has 2 aliphatic rings. The molecule has 0 bridgehead atoms. The standard InChI is InChI=1S/C16H11ClO2/c1-2-16-7-10-4-3-5-13(17)15(10)12(16)6-14(19)11(8-16)9-18/h1,3-6,9,18H,7-8H2/b11-9+. The van der Waals surface area contributed by atoms with E-state index in [0.717, 1.165) is 23.0 Å². The Morgan fingerprint density at radius 2 is 2.21 bits per heavy atom. The van der Waals surface area contributed by atoms with Crippen LogP contribution in [0, 0.1) is 17.8 Å². The van der Waals surface area contributed by atoms with E-state index >= 15 is 0 Å². The first-order chi connectivity index (χ1) is 9.11. The SMILES string of the molecule is C#CC12C/C(=C\O)C(=O)C=C1c1c(Cl)cccc1C2. The zero-order chi connectivity index (χ0) is 13.6. The molecular formula is C16H11ClO2. The highest BCUT2D eigenvalue weighted by Gasteiger charge is 2.45. The van der Waals surface area contributed by atoms with Gasteiger partial charge in [0.15, 0.2) is 5.78 Å². The van der Waals surface area contributed by atoms with Crippen molar-refractivity contribution in [2.45, 2.75) is 12.8 Å². The van der Waals surface area contributed by atoms with Gasteiger partial charge in [0.25, 0.3) is 0 Å². The van der Waals surface area contributed by atoms with Crippen molar-refractivity contribution in [1.29, 1.82) is 0 Å². The summed E-state index contributed by atoms with van der Waals surface area (Å²) in [6, 6.07) is 5.66. The normalized spacial score (nSPS) is 26.6. The predicted molar refractivity (Wildman–Crippen MR) is 74.7 cm³/mol. The van der Waals surface area contributed by atoms with Crippen LogP contribution in [0.15, 0.2) is 36.1 Å². The quantitative estimate of drug-likeness (QED) is 0.446. The van der Waals surface area contributed by atoms with Gasteiger partial charge in [0.1, 0.15) is 0 Å². The summed E-state index contributed by atoms with van der Waals surface area (Å²) in [5.41, 5.74) is 2.54. The Kier molecular flexibility index (Phi) is 2.55. The number of carbonyl (C=O) groups is 1. The molecule has 1 aromatic carbocycles. The molecule has 2 aliphatic carbocycles. The molecule has 0 radical (unpaired) electrons. The number of hydrogen-bond acceptors (Lipinski definition) is 2. The second kappa shape index (κ2) is 4.01. The molecule has 3 heteroatoms. The summed E-state index contributed by atoms with van der Waals surface area (Å²) >= 11 is 6.24. The van der Waals surface area contributed by atoms with Gasteiger partial charge in [-0.2, -0.15) is 0 Å². The van der Waals surface area contributed by atoms with Gasteiger partial charge in [-0.3, -0.25) is 4.79 Å². The third kappa shape index (κ3) is 1.55. The minimum Gasteiger partial charge on any atom is -0.515 e. The Labute approximate surface area is 116 Å². The number of terminal acetylenes is 1. The van der Waals surface area contributed by atoms with E-state index < -0.39 is 5.41 Å². The van der Waals surface area contributed by atoms with Gasteiger partial charge < -0.3 is 5.11 Å². The lowest BCUT2D eigenvalue weighted by Gasteiger charge is -2.29. The van der Waals surface area contributed by atoms with Gasteiger partial charge >= 0.3 is 0 Å². The molecule has 19 heavy (non-hydrogen) atoms. The fraction of sp³-hybridized carbons (Fsp3) is 0.188. The van der Waals surface area contributed by atoms with Gasteiger partial charge in [0, 0.05) is 22.6 Å². The zero-order valence-electron chi connectivity index (χ0n) is 10.1. The number of fused-ring (bicyclic) bond motifs is 3. The summed E-state index contributed by atoms with van der Waals surface area (Å²) in [7, 11) is 0. The van der Waals surface area contributed by atoms with Gasteiger partial charge in [0.05, 0.1) is 11.7 Å². The van der Waals surface area contributed by atoms with Crippen molar-refractivity contribution in [3.05, 3.63) is 52.3 Å².